The van der Waals surface area contributed by atoms with E-state index in [1.54, 1.807) is 17.8 Å². The molecule has 0 bridgehead atoms. The van der Waals surface area contributed by atoms with Gasteiger partial charge in [-0.3, -0.25) is 0 Å². The summed E-state index contributed by atoms with van der Waals surface area (Å²) in [4.78, 5) is 2.18. The molecule has 0 rings (SSSR count). The van der Waals surface area contributed by atoms with Crippen LogP contribution in [-0.2, 0) is 0 Å². The van der Waals surface area contributed by atoms with Crippen LogP contribution in [-0.4, -0.2) is 0 Å². The van der Waals surface area contributed by atoms with E-state index in [-0.39, 0.29) is 0 Å². The third kappa shape index (κ3) is 8.53. The Kier molecular flexibility index (Phi) is 8.58. The Balaban J connectivity index is 4.72. The third-order valence-corrected chi connectivity index (χ3v) is 2.86. The highest BCUT2D eigenvalue weighted by atomic mass is 32.2. The van der Waals surface area contributed by atoms with E-state index < -0.39 is 0 Å². The van der Waals surface area contributed by atoms with Gasteiger partial charge in [0.05, 0.1) is 0 Å². The lowest BCUT2D eigenvalue weighted by molar-refractivity contribution is 1.32. The highest BCUT2D eigenvalue weighted by molar-refractivity contribution is 8.06. The van der Waals surface area contributed by atoms with Crippen LogP contribution in [0.1, 0.15) is 20.8 Å². The van der Waals surface area contributed by atoms with Gasteiger partial charge in [0, 0.05) is 16.3 Å². The van der Waals surface area contributed by atoms with Crippen LogP contribution in [0.25, 0.3) is 0 Å². The van der Waals surface area contributed by atoms with Crippen molar-refractivity contribution in [2.45, 2.75) is 20.8 Å². The molecule has 0 heterocycles. The molecule has 0 saturated carbocycles. The lowest BCUT2D eigenvalue weighted by Gasteiger charge is -2.00. The van der Waals surface area contributed by atoms with Crippen LogP contribution >= 0.6 is 11.8 Å². The molecule has 0 aliphatic heterocycles. The zero-order valence-corrected chi connectivity index (χ0v) is 12.1. The van der Waals surface area contributed by atoms with Gasteiger partial charge < -0.3 is 11.5 Å². The zero-order valence-electron chi connectivity index (χ0n) is 11.3. The predicted octanol–water partition coefficient (Wildman–Crippen LogP) is 3.97. The molecule has 0 saturated heterocycles. The minimum absolute atomic E-state index is 0.735. The molecule has 98 valence electrons. The first-order chi connectivity index (χ1) is 8.49. The summed E-state index contributed by atoms with van der Waals surface area (Å²) in [5.41, 5.74) is 12.8. The highest BCUT2D eigenvalue weighted by Crippen LogP contribution is 2.25. The number of rotatable bonds is 6. The first-order valence-electron chi connectivity index (χ1n) is 5.70. The fourth-order valence-electron chi connectivity index (χ4n) is 1.04. The molecule has 0 aliphatic rings. The summed E-state index contributed by atoms with van der Waals surface area (Å²) in [5.74, 6) is 0. The standard InChI is InChI=1S/C15H22N2S/c1-5-7-14(17)10-9-13(4)18-15(6-2)11-8-12(3)16/h5-11H,2,16-17H2,1,3-4H3/b7-5-,12-8+,13-9+,14-10+,15-11+. The van der Waals surface area contributed by atoms with Gasteiger partial charge in [-0.25, -0.2) is 0 Å². The van der Waals surface area contributed by atoms with Crippen molar-refractivity contribution >= 4 is 11.8 Å². The van der Waals surface area contributed by atoms with Gasteiger partial charge in [-0.2, -0.15) is 0 Å². The smallest absolute Gasteiger partial charge is 0.0310 e. The summed E-state index contributed by atoms with van der Waals surface area (Å²) >= 11 is 1.63. The molecule has 0 aromatic carbocycles. The van der Waals surface area contributed by atoms with Crippen LogP contribution in [0.3, 0.4) is 0 Å². The molecule has 4 N–H and O–H groups in total. The number of thioether (sulfide) groups is 1. The predicted molar refractivity (Wildman–Crippen MR) is 84.7 cm³/mol. The number of nitrogens with two attached hydrogens (primary N) is 2. The first-order valence-corrected chi connectivity index (χ1v) is 6.52. The fourth-order valence-corrected chi connectivity index (χ4v) is 1.77. The van der Waals surface area contributed by atoms with E-state index in [0.29, 0.717) is 0 Å². The van der Waals surface area contributed by atoms with E-state index in [1.165, 1.54) is 0 Å². The van der Waals surface area contributed by atoms with Crippen LogP contribution in [0, 0.1) is 0 Å². The Morgan fingerprint density at radius 1 is 1.06 bits per heavy atom. The van der Waals surface area contributed by atoms with E-state index >= 15 is 0 Å². The van der Waals surface area contributed by atoms with Crippen molar-refractivity contribution in [3.05, 3.63) is 70.3 Å². The van der Waals surface area contributed by atoms with Crippen molar-refractivity contribution in [2.75, 3.05) is 0 Å². The maximum Gasteiger partial charge on any atom is 0.0310 e. The Hall–Kier alpha value is -1.61. The molecule has 0 atom stereocenters. The molecule has 0 aliphatic carbocycles. The number of hydrogen-bond acceptors (Lipinski definition) is 3. The maximum absolute atomic E-state index is 5.75. The molecule has 0 unspecified atom stereocenters. The van der Waals surface area contributed by atoms with Gasteiger partial charge in [-0.05, 0) is 50.0 Å². The van der Waals surface area contributed by atoms with Crippen LogP contribution in [0.2, 0.25) is 0 Å². The normalized spacial score (nSPS) is 15.3. The number of hydrogen-bond donors (Lipinski definition) is 2. The monoisotopic (exact) mass is 262 g/mol. The minimum atomic E-state index is 0.735. The Labute approximate surface area is 115 Å². The van der Waals surface area contributed by atoms with Crippen molar-refractivity contribution < 1.29 is 0 Å². The molecule has 3 heteroatoms. The summed E-state index contributed by atoms with van der Waals surface area (Å²) in [6.07, 6.45) is 13.2. The molecule has 0 radical (unpaired) electrons. The zero-order chi connectivity index (χ0) is 14.0. The second kappa shape index (κ2) is 9.42. The van der Waals surface area contributed by atoms with E-state index in [1.807, 2.05) is 57.2 Å². The molecule has 0 aromatic heterocycles. The van der Waals surface area contributed by atoms with Gasteiger partial charge in [-0.1, -0.05) is 36.6 Å². The topological polar surface area (TPSA) is 52.0 Å². The van der Waals surface area contributed by atoms with Crippen molar-refractivity contribution in [3.63, 3.8) is 0 Å². The Morgan fingerprint density at radius 2 is 1.72 bits per heavy atom. The second-order valence-corrected chi connectivity index (χ2v) is 5.05. The summed E-state index contributed by atoms with van der Waals surface area (Å²) in [5, 5.41) is 0. The second-order valence-electron chi connectivity index (χ2n) is 3.73. The fraction of sp³-hybridized carbons (Fsp3) is 0.200. The van der Waals surface area contributed by atoms with Crippen molar-refractivity contribution in [1.82, 2.24) is 0 Å². The lowest BCUT2D eigenvalue weighted by atomic mass is 10.3. The molecule has 18 heavy (non-hydrogen) atoms. The molecule has 0 spiro atoms. The van der Waals surface area contributed by atoms with Crippen molar-refractivity contribution in [3.8, 4) is 0 Å². The quantitative estimate of drug-likeness (QED) is 0.712. The van der Waals surface area contributed by atoms with Gasteiger partial charge in [-0.15, -0.1) is 0 Å². The van der Waals surface area contributed by atoms with E-state index in [2.05, 4.69) is 6.58 Å². The lowest BCUT2D eigenvalue weighted by Crippen LogP contribution is -1.90. The van der Waals surface area contributed by atoms with Crippen LogP contribution in [0.5, 0.6) is 0 Å². The molecule has 2 nitrogen and oxygen atoms in total. The van der Waals surface area contributed by atoms with Crippen molar-refractivity contribution in [1.29, 1.82) is 0 Å². The van der Waals surface area contributed by atoms with Gasteiger partial charge in [0.2, 0.25) is 0 Å². The van der Waals surface area contributed by atoms with E-state index in [4.69, 9.17) is 11.5 Å². The summed E-state index contributed by atoms with van der Waals surface area (Å²) in [6.45, 7) is 9.60. The van der Waals surface area contributed by atoms with Gasteiger partial charge in [0.15, 0.2) is 0 Å². The molecule has 0 amide bonds. The maximum atomic E-state index is 5.75. The molecular formula is C15H22N2S. The largest absolute Gasteiger partial charge is 0.402 e. The highest BCUT2D eigenvalue weighted by Gasteiger charge is 1.94. The average Bonchev–Trinajstić information content (AvgIpc) is 2.32. The Morgan fingerprint density at radius 3 is 2.22 bits per heavy atom. The van der Waals surface area contributed by atoms with E-state index in [9.17, 15) is 0 Å². The van der Waals surface area contributed by atoms with Crippen LogP contribution in [0.15, 0.2) is 70.3 Å². The SMILES string of the molecule is C=C/C(=C\C=C(/C)N)S/C(C)=C/C=C(N)\C=C/C. The summed E-state index contributed by atoms with van der Waals surface area (Å²) in [7, 11) is 0. The molecule has 0 aromatic rings. The van der Waals surface area contributed by atoms with E-state index in [0.717, 1.165) is 21.2 Å². The molecule has 0 fully saturated rings. The van der Waals surface area contributed by atoms with Gasteiger partial charge in [0.1, 0.15) is 0 Å². The summed E-state index contributed by atoms with van der Waals surface area (Å²) < 4.78 is 0. The minimum Gasteiger partial charge on any atom is -0.402 e. The van der Waals surface area contributed by atoms with Gasteiger partial charge in [0.25, 0.3) is 0 Å². The van der Waals surface area contributed by atoms with Crippen molar-refractivity contribution in [2.24, 2.45) is 11.5 Å². The first kappa shape index (κ1) is 16.4. The van der Waals surface area contributed by atoms with Crippen LogP contribution in [0.4, 0.5) is 0 Å². The average molecular weight is 262 g/mol. The third-order valence-electron chi connectivity index (χ3n) is 1.86. The van der Waals surface area contributed by atoms with Crippen LogP contribution < -0.4 is 11.5 Å². The van der Waals surface area contributed by atoms with Gasteiger partial charge >= 0.3 is 0 Å². The Bertz CT molecular complexity index is 420. The molecular weight excluding hydrogens is 240 g/mol. The number of allylic oxidation sites excluding steroid dienone is 9. The summed E-state index contributed by atoms with van der Waals surface area (Å²) in [6, 6.07) is 0.